The van der Waals surface area contributed by atoms with Crippen LogP contribution in [0.5, 0.6) is 0 Å². The highest BCUT2D eigenvalue weighted by atomic mass is 16.2. The zero-order valence-corrected chi connectivity index (χ0v) is 14.9. The zero-order chi connectivity index (χ0) is 18.1. The summed E-state index contributed by atoms with van der Waals surface area (Å²) < 4.78 is 0. The third-order valence-corrected chi connectivity index (χ3v) is 5.48. The fourth-order valence-corrected chi connectivity index (χ4v) is 3.83. The summed E-state index contributed by atoms with van der Waals surface area (Å²) in [6.07, 6.45) is 5.26. The normalized spacial score (nSPS) is 23.2. The van der Waals surface area contributed by atoms with Gasteiger partial charge in [-0.2, -0.15) is 0 Å². The summed E-state index contributed by atoms with van der Waals surface area (Å²) >= 11 is 0. The maximum atomic E-state index is 12.9. The highest BCUT2D eigenvalue weighted by Gasteiger charge is 2.32. The Morgan fingerprint density at radius 2 is 1.92 bits per heavy atom. The fourth-order valence-electron chi connectivity index (χ4n) is 3.83. The van der Waals surface area contributed by atoms with Gasteiger partial charge in [-0.15, -0.1) is 0 Å². The van der Waals surface area contributed by atoms with E-state index in [2.05, 4.69) is 5.32 Å². The van der Waals surface area contributed by atoms with Crippen molar-refractivity contribution in [1.29, 1.82) is 0 Å². The third kappa shape index (κ3) is 3.59. The minimum absolute atomic E-state index is 0.0533. The molecule has 2 heterocycles. The number of amides is 3. The maximum absolute atomic E-state index is 12.9. The number of nitrogens with one attached hydrogen (secondary N) is 1. The Morgan fingerprint density at radius 3 is 2.65 bits per heavy atom. The predicted octanol–water partition coefficient (Wildman–Crippen LogP) is 1.94. The van der Waals surface area contributed by atoms with Gasteiger partial charge in [0.15, 0.2) is 0 Å². The Balaban J connectivity index is 1.44. The number of anilines is 1. The standard InChI is InChI=1S/C20H25N3O3/c24-18-7-3-11-23(18)17-6-1-4-14(12-17)20(26)22-10-2-5-15(13-22)19(25)21-16-8-9-16/h1,4,6,12,15-16H,2-3,5,7-11,13H2,(H,21,25). The first-order chi connectivity index (χ1) is 12.6. The van der Waals surface area contributed by atoms with Crippen LogP contribution in [0.2, 0.25) is 0 Å². The maximum Gasteiger partial charge on any atom is 0.253 e. The molecular weight excluding hydrogens is 330 g/mol. The van der Waals surface area contributed by atoms with Crippen LogP contribution in [0.15, 0.2) is 24.3 Å². The topological polar surface area (TPSA) is 69.7 Å². The van der Waals surface area contributed by atoms with Gasteiger partial charge in [0.05, 0.1) is 5.92 Å². The largest absolute Gasteiger partial charge is 0.353 e. The Morgan fingerprint density at radius 1 is 1.08 bits per heavy atom. The van der Waals surface area contributed by atoms with Crippen LogP contribution in [0, 0.1) is 5.92 Å². The van der Waals surface area contributed by atoms with E-state index in [0.717, 1.165) is 37.8 Å². The van der Waals surface area contributed by atoms with Crippen LogP contribution in [-0.2, 0) is 9.59 Å². The number of hydrogen-bond acceptors (Lipinski definition) is 3. The van der Waals surface area contributed by atoms with E-state index in [0.29, 0.717) is 37.7 Å². The molecule has 6 heteroatoms. The summed E-state index contributed by atoms with van der Waals surface area (Å²) in [6, 6.07) is 7.65. The lowest BCUT2D eigenvalue weighted by atomic mass is 9.96. The predicted molar refractivity (Wildman–Crippen MR) is 97.8 cm³/mol. The number of carbonyl (C=O) groups is 3. The highest BCUT2D eigenvalue weighted by Crippen LogP contribution is 2.25. The molecule has 1 atom stereocenters. The SMILES string of the molecule is O=C(NC1CC1)C1CCCN(C(=O)c2cccc(N3CCCC3=O)c2)C1. The number of benzene rings is 1. The molecule has 0 spiro atoms. The van der Waals surface area contributed by atoms with Crippen LogP contribution in [0.3, 0.4) is 0 Å². The van der Waals surface area contributed by atoms with Crippen molar-refractivity contribution < 1.29 is 14.4 Å². The van der Waals surface area contributed by atoms with E-state index in [1.165, 1.54) is 0 Å². The van der Waals surface area contributed by atoms with Gasteiger partial charge in [-0.1, -0.05) is 6.07 Å². The minimum Gasteiger partial charge on any atom is -0.353 e. The lowest BCUT2D eigenvalue weighted by molar-refractivity contribution is -0.126. The summed E-state index contributed by atoms with van der Waals surface area (Å²) in [5.74, 6) is 0.0323. The van der Waals surface area contributed by atoms with E-state index >= 15 is 0 Å². The molecule has 138 valence electrons. The van der Waals surface area contributed by atoms with Gasteiger partial charge in [-0.25, -0.2) is 0 Å². The second kappa shape index (κ2) is 7.09. The van der Waals surface area contributed by atoms with Crippen LogP contribution in [0.25, 0.3) is 0 Å². The lowest BCUT2D eigenvalue weighted by Crippen LogP contribution is -2.45. The molecule has 1 N–H and O–H groups in total. The van der Waals surface area contributed by atoms with Crippen LogP contribution in [-0.4, -0.2) is 48.3 Å². The van der Waals surface area contributed by atoms with Gasteiger partial charge in [0.25, 0.3) is 5.91 Å². The van der Waals surface area contributed by atoms with E-state index in [4.69, 9.17) is 0 Å². The zero-order valence-electron chi connectivity index (χ0n) is 14.9. The van der Waals surface area contributed by atoms with Crippen LogP contribution in [0.1, 0.15) is 48.9 Å². The summed E-state index contributed by atoms with van der Waals surface area (Å²) in [4.78, 5) is 40.8. The van der Waals surface area contributed by atoms with Gasteiger partial charge in [-0.05, 0) is 50.3 Å². The van der Waals surface area contributed by atoms with Crippen molar-refractivity contribution in [1.82, 2.24) is 10.2 Å². The van der Waals surface area contributed by atoms with Crippen molar-refractivity contribution in [2.24, 2.45) is 5.92 Å². The lowest BCUT2D eigenvalue weighted by Gasteiger charge is -2.32. The van der Waals surface area contributed by atoms with E-state index in [9.17, 15) is 14.4 Å². The van der Waals surface area contributed by atoms with Crippen LogP contribution in [0.4, 0.5) is 5.69 Å². The van der Waals surface area contributed by atoms with E-state index in [1.807, 2.05) is 12.1 Å². The number of carbonyl (C=O) groups excluding carboxylic acids is 3. The minimum atomic E-state index is -0.114. The first-order valence-electron chi connectivity index (χ1n) is 9.62. The number of nitrogens with zero attached hydrogens (tertiary/aromatic N) is 2. The van der Waals surface area contributed by atoms with Crippen molar-refractivity contribution in [2.45, 2.75) is 44.6 Å². The number of hydrogen-bond donors (Lipinski definition) is 1. The molecule has 1 aromatic carbocycles. The average Bonchev–Trinajstić information content (AvgIpc) is 3.38. The Kier molecular flexibility index (Phi) is 4.66. The van der Waals surface area contributed by atoms with Crippen LogP contribution < -0.4 is 10.2 Å². The molecule has 26 heavy (non-hydrogen) atoms. The number of piperidine rings is 1. The number of rotatable bonds is 4. The Hall–Kier alpha value is -2.37. The second-order valence-corrected chi connectivity index (χ2v) is 7.57. The fraction of sp³-hybridized carbons (Fsp3) is 0.550. The first-order valence-corrected chi connectivity index (χ1v) is 9.62. The molecule has 3 fully saturated rings. The molecule has 0 radical (unpaired) electrons. The van der Waals surface area contributed by atoms with Gasteiger partial charge in [-0.3, -0.25) is 14.4 Å². The second-order valence-electron chi connectivity index (χ2n) is 7.57. The molecule has 4 rings (SSSR count). The summed E-state index contributed by atoms with van der Waals surface area (Å²) in [5.41, 5.74) is 1.38. The molecule has 1 aliphatic carbocycles. The smallest absolute Gasteiger partial charge is 0.253 e. The molecular formula is C20H25N3O3. The van der Waals surface area contributed by atoms with E-state index in [1.54, 1.807) is 21.9 Å². The molecule has 2 saturated heterocycles. The Bertz CT molecular complexity index is 729. The molecule has 0 aromatic heterocycles. The monoisotopic (exact) mass is 355 g/mol. The molecule has 2 aliphatic heterocycles. The third-order valence-electron chi connectivity index (χ3n) is 5.48. The number of likely N-dealkylation sites (tertiary alicyclic amines) is 1. The van der Waals surface area contributed by atoms with Crippen molar-refractivity contribution in [3.8, 4) is 0 Å². The van der Waals surface area contributed by atoms with Gasteiger partial charge < -0.3 is 15.1 Å². The average molecular weight is 355 g/mol. The highest BCUT2D eigenvalue weighted by molar-refractivity contribution is 5.99. The molecule has 3 aliphatic rings. The molecule has 1 saturated carbocycles. The summed E-state index contributed by atoms with van der Waals surface area (Å²) in [7, 11) is 0. The van der Waals surface area contributed by atoms with Crippen molar-refractivity contribution in [3.05, 3.63) is 29.8 Å². The van der Waals surface area contributed by atoms with Gasteiger partial charge in [0, 0.05) is 43.3 Å². The van der Waals surface area contributed by atoms with Gasteiger partial charge in [0.2, 0.25) is 11.8 Å². The Labute approximate surface area is 153 Å². The van der Waals surface area contributed by atoms with Crippen molar-refractivity contribution in [2.75, 3.05) is 24.5 Å². The molecule has 3 amide bonds. The molecule has 6 nitrogen and oxygen atoms in total. The van der Waals surface area contributed by atoms with Crippen LogP contribution >= 0.6 is 0 Å². The first kappa shape index (κ1) is 17.1. The van der Waals surface area contributed by atoms with Crippen molar-refractivity contribution in [3.63, 3.8) is 0 Å². The van der Waals surface area contributed by atoms with Gasteiger partial charge in [0.1, 0.15) is 0 Å². The quantitative estimate of drug-likeness (QED) is 0.897. The molecule has 1 aromatic rings. The molecule has 1 unspecified atom stereocenters. The van der Waals surface area contributed by atoms with E-state index < -0.39 is 0 Å². The molecule has 0 bridgehead atoms. The summed E-state index contributed by atoms with van der Waals surface area (Å²) in [5, 5.41) is 3.05. The summed E-state index contributed by atoms with van der Waals surface area (Å²) in [6.45, 7) is 1.87. The van der Waals surface area contributed by atoms with Gasteiger partial charge >= 0.3 is 0 Å². The van der Waals surface area contributed by atoms with Crippen molar-refractivity contribution >= 4 is 23.4 Å². The van der Waals surface area contributed by atoms with E-state index in [-0.39, 0.29) is 23.6 Å².